The molecule has 0 fully saturated rings. The average molecular weight is 1780 g/mol. The van der Waals surface area contributed by atoms with Crippen molar-refractivity contribution in [3.8, 4) is 22.3 Å². The first-order valence-electron chi connectivity index (χ1n) is 41.2. The Bertz CT molecular complexity index is 4710. The molecule has 2 aromatic heterocycles. The van der Waals surface area contributed by atoms with Gasteiger partial charge in [-0.3, -0.25) is 20.4 Å². The smallest absolute Gasteiger partial charge is 0.419 e. The summed E-state index contributed by atoms with van der Waals surface area (Å²) in [6, 6.07) is 27.2. The zero-order valence-electron chi connectivity index (χ0n) is 76.0. The van der Waals surface area contributed by atoms with E-state index in [0.717, 1.165) is 53.6 Å². The predicted molar refractivity (Wildman–Crippen MR) is 465 cm³/mol. The summed E-state index contributed by atoms with van der Waals surface area (Å²) in [7, 11) is 0. The number of nitrogens with one attached hydrogen (secondary N) is 6. The minimum Gasteiger partial charge on any atom is -0.480 e. The first-order chi connectivity index (χ1) is 58.8. The van der Waals surface area contributed by atoms with E-state index in [2.05, 4.69) is 59.0 Å². The number of unbranched alkanes of at least 4 members (excludes halogenated alkanes) is 2. The van der Waals surface area contributed by atoms with Gasteiger partial charge in [0.25, 0.3) is 0 Å². The molecular weight excluding hydrogens is 1650 g/mol. The number of hydrogen-bond acceptors (Lipinski definition) is 25. The number of amides is 6. The van der Waals surface area contributed by atoms with Gasteiger partial charge in [-0.05, 0) is 216 Å². The topological polar surface area (TPSA) is 506 Å². The summed E-state index contributed by atoms with van der Waals surface area (Å²) in [6.07, 6.45) is 1.37. The Hall–Kier alpha value is -13.1. The molecule has 127 heavy (non-hydrogen) atoms. The van der Waals surface area contributed by atoms with Crippen LogP contribution in [0.25, 0.3) is 22.3 Å². The molecule has 37 nitrogen and oxygen atoms in total. The lowest BCUT2D eigenvalue weighted by Crippen LogP contribution is -2.47. The Morgan fingerprint density at radius 2 is 0.654 bits per heavy atom. The van der Waals surface area contributed by atoms with E-state index < -0.39 is 136 Å². The number of hydrogen-bond donors (Lipinski definition) is 10. The average Bonchev–Trinajstić information content (AvgIpc) is 1.62. The molecule has 0 saturated heterocycles. The number of fused-ring (bicyclic) bond motifs is 6. The number of carbonyl (C=O) groups is 13. The number of ether oxygens (including phenoxy) is 9. The lowest BCUT2D eigenvalue weighted by Gasteiger charge is -2.22. The zero-order chi connectivity index (χ0) is 95.3. The van der Waals surface area contributed by atoms with Gasteiger partial charge in [-0.15, -0.1) is 0 Å². The van der Waals surface area contributed by atoms with E-state index in [9.17, 15) is 82.8 Å². The van der Waals surface area contributed by atoms with Crippen molar-refractivity contribution in [2.45, 2.75) is 278 Å². The first-order valence-corrected chi connectivity index (χ1v) is 41.2. The second-order valence-electron chi connectivity index (χ2n) is 36.5. The molecule has 694 valence electrons. The molecule has 2 aliphatic carbocycles. The van der Waals surface area contributed by atoms with Crippen LogP contribution in [0.3, 0.4) is 0 Å². The Balaban J connectivity index is 0.000000303. The number of carbonyl (C=O) groups excluding carboxylic acids is 9. The van der Waals surface area contributed by atoms with E-state index in [0.29, 0.717) is 30.7 Å². The standard InChI is InChI=1S/C27H33NO6.C26H27N3O6.C21H38N4O8.C16H25N3O6/c1-27(2,3)34-24(29)16-6-4-5-15-23(25(30)31)28-26(32)33-17-22-20-13-9-7-11-18(20)19-12-8-10-14-21(19)22;1-26(2,3)35-25(33)29-13-16(27-15-29)12-22(23(30)31)28-24(32)34-14-21-19-10-6-4-8-17(19)18-9-5-7-11-20(18)21;1-19(2,3)31-16(28)23-13(14(26)27)11-10-12-22-15(24-17(29)32-20(4,5)6)25-18(30)33-21(7,8)9;1-15(2,3)24-13(22)18-11(12(20)21)7-10-8-19(9-17-10)14(23)25-16(4,5)6/h7-14,22-23H,4-6,15-17H2,1-3H3,(H,28,32)(H,30,31);4-11,13,15,21-22H,12,14H2,1-3H3,(H,28,32)(H,30,31);13H,10-12H2,1-9H3,(H,23,28)(H,26,27)(H2,22,24,25,29,30);8-9,11H,7H2,1-6H3,(H,18,22)(H,20,21)/t23-;22-;13-;11-/m0000/s1. The van der Waals surface area contributed by atoms with Gasteiger partial charge in [-0.25, -0.2) is 76.6 Å². The number of aliphatic carboxylic acids is 4. The summed E-state index contributed by atoms with van der Waals surface area (Å²) in [5.74, 6) is -5.53. The van der Waals surface area contributed by atoms with E-state index in [-0.39, 0.29) is 82.0 Å². The van der Waals surface area contributed by atoms with Gasteiger partial charge in [-0.1, -0.05) is 110 Å². The molecule has 0 bridgehead atoms. The highest BCUT2D eigenvalue weighted by Crippen LogP contribution is 2.46. The van der Waals surface area contributed by atoms with Gasteiger partial charge in [0.15, 0.2) is 0 Å². The number of carboxylic acid groups (broad SMARTS) is 4. The first kappa shape index (κ1) is 104. The summed E-state index contributed by atoms with van der Waals surface area (Å²) in [4.78, 5) is 167. The van der Waals surface area contributed by atoms with E-state index >= 15 is 0 Å². The third kappa shape index (κ3) is 38.9. The molecule has 2 heterocycles. The summed E-state index contributed by atoms with van der Waals surface area (Å²) in [5, 5.41) is 51.7. The minimum atomic E-state index is -1.28. The van der Waals surface area contributed by atoms with Crippen LogP contribution in [-0.4, -0.2) is 207 Å². The summed E-state index contributed by atoms with van der Waals surface area (Å²) >= 11 is 0. The molecule has 6 aromatic rings. The van der Waals surface area contributed by atoms with Crippen molar-refractivity contribution in [3.05, 3.63) is 156 Å². The summed E-state index contributed by atoms with van der Waals surface area (Å²) in [6.45, 7) is 36.1. The van der Waals surface area contributed by atoms with Gasteiger partial charge >= 0.3 is 78.6 Å². The van der Waals surface area contributed by atoms with Gasteiger partial charge < -0.3 is 84.3 Å². The highest BCUT2D eigenvalue weighted by molar-refractivity contribution is 6.01. The summed E-state index contributed by atoms with van der Waals surface area (Å²) < 4.78 is 49.3. The maximum absolute atomic E-state index is 12.5. The van der Waals surface area contributed by atoms with E-state index in [1.165, 1.54) is 25.0 Å². The van der Waals surface area contributed by atoms with Crippen LogP contribution in [0.15, 0.2) is 127 Å². The van der Waals surface area contributed by atoms with E-state index in [1.54, 1.807) is 125 Å². The molecule has 6 amide bonds. The van der Waals surface area contributed by atoms with Crippen molar-refractivity contribution in [2.24, 2.45) is 4.99 Å². The molecule has 4 aromatic carbocycles. The second kappa shape index (κ2) is 46.2. The SMILES string of the molecule is CC(C)(C)OC(=O)CCCCC[C@H](NC(=O)OCC1c2ccccc2-c2ccccc21)C(=O)O.CC(C)(C)OC(=O)NC(=NCCC[C@H](NC(=O)OC(C)(C)C)C(=O)O)NC(=O)OC(C)(C)C.CC(C)(C)OC(=O)N[C@@H](Cc1cn(C(=O)OC(C)(C)C)cn1)C(=O)O.CC(C)(C)OC(=O)n1cnc(C[C@H](NC(=O)OCC2c3ccccc3-c3ccccc32)C(=O)O)c1. The summed E-state index contributed by atoms with van der Waals surface area (Å²) in [5.41, 5.74) is 4.45. The van der Waals surface area contributed by atoms with Crippen LogP contribution in [0.2, 0.25) is 0 Å². The highest BCUT2D eigenvalue weighted by Gasteiger charge is 2.35. The van der Waals surface area contributed by atoms with Crippen molar-refractivity contribution in [1.82, 2.24) is 51.0 Å². The van der Waals surface area contributed by atoms with Crippen molar-refractivity contribution in [3.63, 3.8) is 0 Å². The lowest BCUT2D eigenvalue weighted by atomic mass is 9.98. The van der Waals surface area contributed by atoms with E-state index in [4.69, 9.17) is 42.6 Å². The Labute approximate surface area is 738 Å². The van der Waals surface area contributed by atoms with E-state index in [1.807, 2.05) is 106 Å². The van der Waals surface area contributed by atoms with Crippen molar-refractivity contribution >= 4 is 84.6 Å². The van der Waals surface area contributed by atoms with Crippen LogP contribution in [-0.2, 0) is 79.4 Å². The minimum absolute atomic E-state index is 0.0285. The number of aliphatic imine (C=N–C) groups is 1. The fourth-order valence-electron chi connectivity index (χ4n) is 12.1. The number of alkyl carbamates (subject to hydrolysis) is 6. The number of nitrogens with zero attached hydrogens (tertiary/aromatic N) is 5. The third-order valence-electron chi connectivity index (χ3n) is 17.1. The number of imidazole rings is 2. The molecule has 4 atom stereocenters. The maximum Gasteiger partial charge on any atom is 0.419 e. The van der Waals surface area contributed by atoms with Gasteiger partial charge in [-0.2, -0.15) is 0 Å². The van der Waals surface area contributed by atoms with Crippen LogP contribution in [0, 0.1) is 0 Å². The highest BCUT2D eigenvalue weighted by atomic mass is 16.6. The Morgan fingerprint density at radius 3 is 0.976 bits per heavy atom. The third-order valence-corrected chi connectivity index (χ3v) is 17.1. The number of aromatic nitrogens is 4. The van der Waals surface area contributed by atoms with Crippen LogP contribution < -0.4 is 31.9 Å². The molecule has 37 heteroatoms. The van der Waals surface area contributed by atoms with Crippen LogP contribution in [0.1, 0.15) is 236 Å². The molecule has 8 rings (SSSR count). The number of rotatable bonds is 26. The Morgan fingerprint density at radius 1 is 0.362 bits per heavy atom. The van der Waals surface area contributed by atoms with Crippen molar-refractivity contribution in [2.75, 3.05) is 19.8 Å². The fraction of sp³-hybridized carbons (Fsp3) is 0.511. The van der Waals surface area contributed by atoms with Gasteiger partial charge in [0.1, 0.15) is 89.2 Å². The molecule has 0 aliphatic heterocycles. The lowest BCUT2D eigenvalue weighted by molar-refractivity contribution is -0.155. The van der Waals surface area contributed by atoms with Crippen molar-refractivity contribution in [1.29, 1.82) is 0 Å². The quantitative estimate of drug-likeness (QED) is 0.00792. The largest absolute Gasteiger partial charge is 0.480 e. The fourth-order valence-corrected chi connectivity index (χ4v) is 12.1. The number of esters is 1. The number of guanidine groups is 1. The monoisotopic (exact) mass is 1770 g/mol. The van der Waals surface area contributed by atoms with Crippen LogP contribution in [0.4, 0.5) is 38.4 Å². The Kier molecular flexibility index (Phi) is 38.0. The maximum atomic E-state index is 12.5. The second-order valence-corrected chi connectivity index (χ2v) is 36.5. The molecule has 0 radical (unpaired) electrons. The normalized spacial score (nSPS) is 13.2. The molecule has 10 N–H and O–H groups in total. The zero-order valence-corrected chi connectivity index (χ0v) is 76.0. The molecular formula is C90H123N11O26. The molecule has 2 aliphatic rings. The van der Waals surface area contributed by atoms with Gasteiger partial charge in [0, 0.05) is 50.0 Å². The van der Waals surface area contributed by atoms with Gasteiger partial charge in [0.2, 0.25) is 5.96 Å². The van der Waals surface area contributed by atoms with Crippen LogP contribution >= 0.6 is 0 Å². The molecule has 0 spiro atoms. The van der Waals surface area contributed by atoms with Gasteiger partial charge in [0.05, 0.1) is 11.4 Å². The van der Waals surface area contributed by atoms with Crippen molar-refractivity contribution < 1.29 is 125 Å². The molecule has 0 unspecified atom stereocenters. The predicted octanol–water partition coefficient (Wildman–Crippen LogP) is 14.8. The number of carboxylic acids is 4. The molecule has 0 saturated carbocycles. The number of benzene rings is 4. The van der Waals surface area contributed by atoms with Crippen LogP contribution in [0.5, 0.6) is 0 Å².